The lowest BCUT2D eigenvalue weighted by atomic mass is 10.0. The Morgan fingerprint density at radius 1 is 0.875 bits per heavy atom. The Morgan fingerprint density at radius 2 is 1.75 bits per heavy atom. The Kier molecular flexibility index (Phi) is 5.81. The van der Waals surface area contributed by atoms with Gasteiger partial charge in [0, 0.05) is 29.9 Å². The molecule has 8 rings (SSSR count). The van der Waals surface area contributed by atoms with Crippen molar-refractivity contribution >= 4 is 17.6 Å². The topological polar surface area (TPSA) is 107 Å². The summed E-state index contributed by atoms with van der Waals surface area (Å²) in [6.07, 6.45) is 9.34. The predicted molar refractivity (Wildman–Crippen MR) is 154 cm³/mol. The van der Waals surface area contributed by atoms with Crippen LogP contribution in [-0.2, 0) is 30.4 Å². The van der Waals surface area contributed by atoms with E-state index in [0.717, 1.165) is 62.2 Å². The van der Waals surface area contributed by atoms with Gasteiger partial charge in [-0.2, -0.15) is 9.67 Å². The zero-order valence-electron chi connectivity index (χ0n) is 22.6. The third kappa shape index (κ3) is 4.24. The number of benzene rings is 2. The average molecular weight is 535 g/mol. The number of hydrogen-bond donors (Lipinski definition) is 2. The van der Waals surface area contributed by atoms with Crippen LogP contribution in [0.2, 0.25) is 0 Å². The van der Waals surface area contributed by atoms with Gasteiger partial charge in [0.15, 0.2) is 5.82 Å². The van der Waals surface area contributed by atoms with Crippen molar-refractivity contribution < 1.29 is 4.74 Å². The number of ether oxygens (including phenoxy) is 1. The van der Waals surface area contributed by atoms with Gasteiger partial charge >= 0.3 is 0 Å². The van der Waals surface area contributed by atoms with Crippen molar-refractivity contribution in [1.29, 1.82) is 0 Å². The van der Waals surface area contributed by atoms with Gasteiger partial charge in [0.05, 0.1) is 18.4 Å². The van der Waals surface area contributed by atoms with Gasteiger partial charge in [-0.25, -0.2) is 0 Å². The van der Waals surface area contributed by atoms with E-state index in [1.807, 2.05) is 0 Å². The van der Waals surface area contributed by atoms with Crippen molar-refractivity contribution in [2.45, 2.75) is 69.6 Å². The number of nitrogens with one attached hydrogen (secondary N) is 1. The number of morpholine rings is 1. The first kappa shape index (κ1) is 24.0. The molecule has 9 nitrogen and oxygen atoms in total. The van der Waals surface area contributed by atoms with Crippen LogP contribution in [0.5, 0.6) is 0 Å². The van der Waals surface area contributed by atoms with E-state index in [-0.39, 0.29) is 5.95 Å². The summed E-state index contributed by atoms with van der Waals surface area (Å²) in [5, 5.41) is 17.1. The summed E-state index contributed by atoms with van der Waals surface area (Å²) < 4.78 is 7.42. The molecular formula is C31H34N8O. The second kappa shape index (κ2) is 9.67. The molecule has 4 heterocycles. The minimum Gasteiger partial charge on any atom is -0.375 e. The van der Waals surface area contributed by atoms with Crippen LogP contribution in [-0.4, -0.2) is 61.2 Å². The first-order valence-electron chi connectivity index (χ1n) is 14.6. The number of rotatable bonds is 4. The maximum atomic E-state index is 6.31. The number of nitrogens with two attached hydrogens (primary N) is 1. The van der Waals surface area contributed by atoms with Crippen LogP contribution < -0.4 is 11.1 Å². The van der Waals surface area contributed by atoms with Crippen LogP contribution in [0.1, 0.15) is 47.9 Å². The van der Waals surface area contributed by atoms with Crippen LogP contribution in [0, 0.1) is 0 Å². The summed E-state index contributed by atoms with van der Waals surface area (Å²) in [5.41, 5.74) is 14.8. The molecule has 0 saturated carbocycles. The fourth-order valence-corrected chi connectivity index (χ4v) is 7.23. The summed E-state index contributed by atoms with van der Waals surface area (Å²) in [4.78, 5) is 7.22. The van der Waals surface area contributed by atoms with Crippen LogP contribution in [0.3, 0.4) is 0 Å². The highest BCUT2D eigenvalue weighted by Crippen LogP contribution is 2.35. The molecule has 3 atom stereocenters. The number of fused-ring (bicyclic) bond motifs is 6. The van der Waals surface area contributed by atoms with E-state index in [1.165, 1.54) is 41.5 Å². The van der Waals surface area contributed by atoms with Gasteiger partial charge < -0.3 is 15.8 Å². The maximum absolute atomic E-state index is 6.31. The molecule has 204 valence electrons. The number of nitrogens with zero attached hydrogens (tertiary/aromatic N) is 6. The van der Waals surface area contributed by atoms with Crippen LogP contribution in [0.4, 0.5) is 17.6 Å². The van der Waals surface area contributed by atoms with Crippen molar-refractivity contribution in [1.82, 2.24) is 29.9 Å². The van der Waals surface area contributed by atoms with Crippen molar-refractivity contribution in [2.75, 3.05) is 24.2 Å². The lowest BCUT2D eigenvalue weighted by Crippen LogP contribution is -2.44. The highest BCUT2D eigenvalue weighted by molar-refractivity contribution is 5.68. The quantitative estimate of drug-likeness (QED) is 0.374. The summed E-state index contributed by atoms with van der Waals surface area (Å²) >= 11 is 0. The first-order chi connectivity index (χ1) is 19.7. The number of hydrogen-bond acceptors (Lipinski definition) is 8. The summed E-state index contributed by atoms with van der Waals surface area (Å²) in [6.45, 7) is 2.02. The van der Waals surface area contributed by atoms with Crippen molar-refractivity contribution in [3.05, 3.63) is 70.8 Å². The van der Waals surface area contributed by atoms with Gasteiger partial charge in [0.2, 0.25) is 11.9 Å². The number of nitrogen functional groups attached to an aromatic ring is 1. The largest absolute Gasteiger partial charge is 0.375 e. The molecule has 2 aromatic carbocycles. The Bertz CT molecular complexity index is 1580. The van der Waals surface area contributed by atoms with E-state index in [9.17, 15) is 0 Å². The molecule has 2 fully saturated rings. The van der Waals surface area contributed by atoms with E-state index in [2.05, 4.69) is 79.0 Å². The lowest BCUT2D eigenvalue weighted by Gasteiger charge is -2.34. The van der Waals surface area contributed by atoms with Crippen LogP contribution >= 0.6 is 0 Å². The highest BCUT2D eigenvalue weighted by atomic mass is 16.5. The highest BCUT2D eigenvalue weighted by Gasteiger charge is 2.42. The Labute approximate surface area is 233 Å². The number of likely N-dealkylation sites (tertiary alicyclic amines) is 1. The van der Waals surface area contributed by atoms with Crippen molar-refractivity contribution in [3.8, 4) is 17.1 Å². The average Bonchev–Trinajstić information content (AvgIpc) is 3.62. The molecule has 0 amide bonds. The molecule has 0 spiro atoms. The van der Waals surface area contributed by atoms with E-state index in [0.29, 0.717) is 30.0 Å². The molecule has 0 radical (unpaired) electrons. The summed E-state index contributed by atoms with van der Waals surface area (Å²) in [6, 6.07) is 18.4. The summed E-state index contributed by atoms with van der Waals surface area (Å²) in [5.74, 6) is 1.33. The Morgan fingerprint density at radius 3 is 2.62 bits per heavy atom. The molecule has 2 saturated heterocycles. The number of anilines is 3. The lowest BCUT2D eigenvalue weighted by molar-refractivity contribution is 0.00854. The van der Waals surface area contributed by atoms with Gasteiger partial charge in [-0.1, -0.05) is 30.3 Å². The third-order valence-electron chi connectivity index (χ3n) is 9.24. The molecule has 9 heteroatoms. The second-order valence-corrected chi connectivity index (χ2v) is 11.7. The molecule has 2 bridgehead atoms. The first-order valence-corrected chi connectivity index (χ1v) is 14.6. The van der Waals surface area contributed by atoms with Gasteiger partial charge in [0.1, 0.15) is 0 Å². The molecule has 0 unspecified atom stereocenters. The monoisotopic (exact) mass is 534 g/mol. The summed E-state index contributed by atoms with van der Waals surface area (Å²) in [7, 11) is 0. The van der Waals surface area contributed by atoms with Gasteiger partial charge in [-0.15, -0.1) is 15.3 Å². The molecule has 40 heavy (non-hydrogen) atoms. The van der Waals surface area contributed by atoms with Gasteiger partial charge in [-0.05, 0) is 91.8 Å². The minimum absolute atomic E-state index is 0.285. The third-order valence-corrected chi connectivity index (χ3v) is 9.24. The zero-order valence-corrected chi connectivity index (χ0v) is 22.6. The van der Waals surface area contributed by atoms with Gasteiger partial charge in [-0.3, -0.25) is 4.90 Å². The van der Waals surface area contributed by atoms with Gasteiger partial charge in [0.25, 0.3) is 0 Å². The van der Waals surface area contributed by atoms with Crippen LogP contribution in [0.15, 0.2) is 48.5 Å². The molecule has 4 aromatic rings. The van der Waals surface area contributed by atoms with E-state index in [4.69, 9.17) is 10.5 Å². The standard InChI is InChI=1S/C31H34N8O/c32-30-34-31(37-39(30)28-15-22-6-3-5-20-4-1-2-7-27(20)29(22)36-35-28)33-23-11-8-19-9-12-24(13-10-21(19)14-23)38-17-26-16-25(38)18-40-26/h1-2,4,7-8,11,14-15,24-26H,3,5-6,9-10,12-13,16-18H2,(H3,32,33,34,37)/t24-,25-,26-/m1/s1. The van der Waals surface area contributed by atoms with Crippen molar-refractivity contribution in [3.63, 3.8) is 0 Å². The van der Waals surface area contributed by atoms with E-state index >= 15 is 0 Å². The fraction of sp³-hybridized carbons (Fsp3) is 0.419. The zero-order chi connectivity index (χ0) is 26.6. The molecule has 2 aromatic heterocycles. The van der Waals surface area contributed by atoms with E-state index in [1.54, 1.807) is 4.68 Å². The number of aryl methyl sites for hydroxylation is 4. The Hall–Kier alpha value is -3.82. The smallest absolute Gasteiger partial charge is 0.248 e. The maximum Gasteiger partial charge on any atom is 0.248 e. The van der Waals surface area contributed by atoms with Crippen molar-refractivity contribution in [2.24, 2.45) is 0 Å². The molecule has 3 N–H and O–H groups in total. The molecule has 2 aliphatic carbocycles. The minimum atomic E-state index is 0.285. The normalized spacial score (nSPS) is 23.6. The molecular weight excluding hydrogens is 500 g/mol. The molecule has 4 aliphatic rings. The second-order valence-electron chi connectivity index (χ2n) is 11.7. The van der Waals surface area contributed by atoms with E-state index < -0.39 is 0 Å². The Balaban J connectivity index is 1.00. The fourth-order valence-electron chi connectivity index (χ4n) is 7.23. The SMILES string of the molecule is Nc1nc(Nc2ccc3c(c2)CC[C@H](N2C[C@H]4C[C@@H]2CO4)CC3)nn1-c1cc2c(nn1)-c1ccccc1CCC2. The number of aromatic nitrogens is 5. The van der Waals surface area contributed by atoms with Crippen LogP contribution in [0.25, 0.3) is 17.1 Å². The predicted octanol–water partition coefficient (Wildman–Crippen LogP) is 4.26. The molecule has 2 aliphatic heterocycles.